The van der Waals surface area contributed by atoms with Crippen LogP contribution in [0.15, 0.2) is 72.6 Å². The molecule has 10 heteroatoms. The minimum absolute atomic E-state index is 0.225. The normalized spacial score (nSPS) is 12.8. The summed E-state index contributed by atoms with van der Waals surface area (Å²) in [5, 5.41) is 12.8. The van der Waals surface area contributed by atoms with Gasteiger partial charge in [0.1, 0.15) is 17.3 Å². The first kappa shape index (κ1) is 25.2. The molecule has 3 aromatic heterocycles. The van der Waals surface area contributed by atoms with E-state index in [0.717, 1.165) is 40.5 Å². The SMILES string of the molecule is C=C(Nc1nc(-c2nn(Cc3ccccc3F)c3ncccc23)ncc1C1CC1)c1ccc(C)c(N=[N+]=[N-])c1C. The molecular formula is C30H26FN9. The van der Waals surface area contributed by atoms with E-state index in [2.05, 4.69) is 26.9 Å². The maximum absolute atomic E-state index is 14.4. The summed E-state index contributed by atoms with van der Waals surface area (Å²) in [4.78, 5) is 17.1. The van der Waals surface area contributed by atoms with Gasteiger partial charge in [0, 0.05) is 45.4 Å². The standard InChI is InChI=1S/C30H26FN9/c1-17-10-13-22(18(2)26(17)37-39-32)19(3)35-28-24(20-11-12-20)15-34-29(36-28)27-23-8-6-14-33-30(23)40(38-27)16-21-7-4-5-9-25(21)31/h4-10,13-15,20H,3,11-12,16H2,1-2H3,(H,34,35,36). The summed E-state index contributed by atoms with van der Waals surface area (Å²) in [7, 11) is 0. The van der Waals surface area contributed by atoms with Crippen molar-refractivity contribution in [3.8, 4) is 11.5 Å². The van der Waals surface area contributed by atoms with Gasteiger partial charge in [-0.2, -0.15) is 5.10 Å². The van der Waals surface area contributed by atoms with Crippen molar-refractivity contribution >= 4 is 28.2 Å². The highest BCUT2D eigenvalue weighted by atomic mass is 19.1. The average Bonchev–Trinajstić information content (AvgIpc) is 3.74. The Labute approximate surface area is 230 Å². The molecule has 1 aliphatic rings. The number of hydrogen-bond acceptors (Lipinski definition) is 6. The molecule has 6 rings (SSSR count). The molecule has 0 atom stereocenters. The van der Waals surface area contributed by atoms with Crippen molar-refractivity contribution in [2.24, 2.45) is 5.11 Å². The van der Waals surface area contributed by atoms with E-state index in [1.54, 1.807) is 29.1 Å². The lowest BCUT2D eigenvalue weighted by Crippen LogP contribution is -2.07. The molecule has 1 N–H and O–H groups in total. The third-order valence-electron chi connectivity index (χ3n) is 7.20. The molecule has 1 fully saturated rings. The molecule has 9 nitrogen and oxygen atoms in total. The van der Waals surface area contributed by atoms with Crippen LogP contribution in [0.4, 0.5) is 15.9 Å². The number of nitrogens with one attached hydrogen (secondary N) is 1. The first-order chi connectivity index (χ1) is 19.4. The molecule has 0 saturated heterocycles. The number of benzene rings is 2. The topological polar surface area (TPSA) is 117 Å². The molecule has 0 spiro atoms. The van der Waals surface area contributed by atoms with Gasteiger partial charge in [-0.3, -0.25) is 0 Å². The lowest BCUT2D eigenvalue weighted by atomic mass is 10.0. The number of aromatic nitrogens is 5. The highest BCUT2D eigenvalue weighted by Crippen LogP contribution is 2.44. The van der Waals surface area contributed by atoms with E-state index in [-0.39, 0.29) is 12.4 Å². The smallest absolute Gasteiger partial charge is 0.182 e. The number of hydrogen-bond donors (Lipinski definition) is 1. The van der Waals surface area contributed by atoms with E-state index < -0.39 is 0 Å². The van der Waals surface area contributed by atoms with Crippen LogP contribution in [0.3, 0.4) is 0 Å². The van der Waals surface area contributed by atoms with Crippen molar-refractivity contribution in [3.05, 3.63) is 112 Å². The minimum atomic E-state index is -0.298. The Hall–Kier alpha value is -5.08. The van der Waals surface area contributed by atoms with Crippen LogP contribution in [0.5, 0.6) is 0 Å². The van der Waals surface area contributed by atoms with E-state index in [4.69, 9.17) is 20.6 Å². The number of halogens is 1. The Bertz CT molecular complexity index is 1830. The van der Waals surface area contributed by atoms with Gasteiger partial charge in [-0.15, -0.1) is 0 Å². The van der Waals surface area contributed by atoms with Gasteiger partial charge in [0.05, 0.1) is 11.9 Å². The molecule has 1 saturated carbocycles. The van der Waals surface area contributed by atoms with E-state index in [1.807, 2.05) is 44.3 Å². The van der Waals surface area contributed by atoms with Gasteiger partial charge in [0.25, 0.3) is 0 Å². The predicted molar refractivity (Wildman–Crippen MR) is 153 cm³/mol. The molecule has 0 unspecified atom stereocenters. The Balaban J connectivity index is 1.40. The summed E-state index contributed by atoms with van der Waals surface area (Å²) in [5.41, 5.74) is 15.5. The van der Waals surface area contributed by atoms with Crippen LogP contribution in [0.25, 0.3) is 38.7 Å². The number of nitrogens with zero attached hydrogens (tertiary/aromatic N) is 8. The van der Waals surface area contributed by atoms with Gasteiger partial charge in [0.2, 0.25) is 0 Å². The largest absolute Gasteiger partial charge is 0.340 e. The van der Waals surface area contributed by atoms with Crippen LogP contribution < -0.4 is 5.32 Å². The molecule has 1 aliphatic carbocycles. The Kier molecular flexibility index (Phi) is 6.45. The number of aryl methyl sites for hydroxylation is 1. The van der Waals surface area contributed by atoms with Crippen LogP contribution in [-0.4, -0.2) is 24.7 Å². The number of anilines is 1. The Morgan fingerprint density at radius 1 is 1.15 bits per heavy atom. The minimum Gasteiger partial charge on any atom is -0.340 e. The first-order valence-corrected chi connectivity index (χ1v) is 13.0. The summed E-state index contributed by atoms with van der Waals surface area (Å²) in [6, 6.07) is 14.3. The van der Waals surface area contributed by atoms with Gasteiger partial charge in [-0.25, -0.2) is 24.0 Å². The molecule has 0 aliphatic heterocycles. The van der Waals surface area contributed by atoms with Gasteiger partial charge in [-0.1, -0.05) is 42.0 Å². The summed E-state index contributed by atoms with van der Waals surface area (Å²) in [5.74, 6) is 1.16. The van der Waals surface area contributed by atoms with Gasteiger partial charge >= 0.3 is 0 Å². The molecule has 0 bridgehead atoms. The second-order valence-electron chi connectivity index (χ2n) is 9.94. The molecule has 2 aromatic carbocycles. The van der Waals surface area contributed by atoms with Crippen LogP contribution in [-0.2, 0) is 6.54 Å². The Morgan fingerprint density at radius 2 is 1.98 bits per heavy atom. The molecule has 40 heavy (non-hydrogen) atoms. The van der Waals surface area contributed by atoms with Crippen LogP contribution in [0.2, 0.25) is 0 Å². The summed E-state index contributed by atoms with van der Waals surface area (Å²) in [6.45, 7) is 8.31. The van der Waals surface area contributed by atoms with Crippen molar-refractivity contribution in [1.82, 2.24) is 24.7 Å². The average molecular weight is 532 g/mol. The maximum atomic E-state index is 14.4. The molecule has 5 aromatic rings. The van der Waals surface area contributed by atoms with Crippen LogP contribution in [0.1, 0.15) is 46.6 Å². The first-order valence-electron chi connectivity index (χ1n) is 13.0. The summed E-state index contributed by atoms with van der Waals surface area (Å²) >= 11 is 0. The monoisotopic (exact) mass is 531 g/mol. The van der Waals surface area contributed by atoms with Crippen LogP contribution in [0, 0.1) is 19.7 Å². The lowest BCUT2D eigenvalue weighted by molar-refractivity contribution is 0.589. The van der Waals surface area contributed by atoms with E-state index in [1.165, 1.54) is 6.07 Å². The lowest BCUT2D eigenvalue weighted by Gasteiger charge is -2.17. The second kappa shape index (κ2) is 10.2. The zero-order chi connectivity index (χ0) is 27.8. The highest BCUT2D eigenvalue weighted by molar-refractivity contribution is 5.89. The molecular weight excluding hydrogens is 505 g/mol. The molecule has 3 heterocycles. The quantitative estimate of drug-likeness (QED) is 0.126. The zero-order valence-corrected chi connectivity index (χ0v) is 22.1. The molecule has 0 radical (unpaired) electrons. The van der Waals surface area contributed by atoms with Gasteiger partial charge in [0.15, 0.2) is 11.5 Å². The Morgan fingerprint density at radius 3 is 2.75 bits per heavy atom. The predicted octanol–water partition coefficient (Wildman–Crippen LogP) is 7.59. The third kappa shape index (κ3) is 4.65. The number of fused-ring (bicyclic) bond motifs is 1. The fourth-order valence-corrected chi connectivity index (χ4v) is 4.94. The number of pyridine rings is 1. The van der Waals surface area contributed by atoms with Crippen molar-refractivity contribution in [2.75, 3.05) is 5.32 Å². The van der Waals surface area contributed by atoms with Crippen LogP contribution >= 0.6 is 0 Å². The van der Waals surface area contributed by atoms with Crippen molar-refractivity contribution in [2.45, 2.75) is 39.2 Å². The molecule has 0 amide bonds. The third-order valence-corrected chi connectivity index (χ3v) is 7.20. The number of rotatable bonds is 8. The fourth-order valence-electron chi connectivity index (χ4n) is 4.94. The van der Waals surface area contributed by atoms with Gasteiger partial charge in [-0.05, 0) is 67.5 Å². The number of azide groups is 1. The zero-order valence-electron chi connectivity index (χ0n) is 22.1. The molecule has 198 valence electrons. The summed E-state index contributed by atoms with van der Waals surface area (Å²) in [6.07, 6.45) is 5.67. The van der Waals surface area contributed by atoms with Crippen molar-refractivity contribution < 1.29 is 4.39 Å². The summed E-state index contributed by atoms with van der Waals surface area (Å²) < 4.78 is 16.1. The maximum Gasteiger partial charge on any atom is 0.182 e. The highest BCUT2D eigenvalue weighted by Gasteiger charge is 2.29. The van der Waals surface area contributed by atoms with Crippen molar-refractivity contribution in [1.29, 1.82) is 0 Å². The van der Waals surface area contributed by atoms with Crippen molar-refractivity contribution in [3.63, 3.8) is 0 Å². The van der Waals surface area contributed by atoms with Gasteiger partial charge < -0.3 is 5.32 Å². The van der Waals surface area contributed by atoms with E-state index >= 15 is 0 Å². The van der Waals surface area contributed by atoms with E-state index in [0.29, 0.717) is 45.8 Å². The van der Waals surface area contributed by atoms with E-state index in [9.17, 15) is 4.39 Å². The fraction of sp³-hybridized carbons (Fsp3) is 0.200. The second-order valence-corrected chi connectivity index (χ2v) is 9.94.